The molecule has 148 valence electrons. The van der Waals surface area contributed by atoms with Gasteiger partial charge in [0.25, 0.3) is 0 Å². The average molecular weight is 408 g/mol. The molecule has 1 amide bonds. The predicted molar refractivity (Wildman–Crippen MR) is 114 cm³/mol. The Morgan fingerprint density at radius 1 is 1.21 bits per heavy atom. The molecule has 1 aromatic heterocycles. The van der Waals surface area contributed by atoms with Crippen molar-refractivity contribution in [1.29, 1.82) is 0 Å². The monoisotopic (exact) mass is 407 g/mol. The van der Waals surface area contributed by atoms with Crippen LogP contribution in [0.4, 0.5) is 0 Å². The Balaban J connectivity index is 1.49. The van der Waals surface area contributed by atoms with Crippen molar-refractivity contribution in [2.24, 2.45) is 11.7 Å². The lowest BCUT2D eigenvalue weighted by molar-refractivity contribution is -0.119. The van der Waals surface area contributed by atoms with Crippen LogP contribution in [0.3, 0.4) is 0 Å². The zero-order chi connectivity index (χ0) is 20.0. The number of nitrogens with two attached hydrogens (primary N) is 1. The fraction of sp³-hybridized carbons (Fsp3) is 0.304. The van der Waals surface area contributed by atoms with Gasteiger partial charge in [-0.1, -0.05) is 23.7 Å². The largest absolute Gasteiger partial charge is 0.492 e. The van der Waals surface area contributed by atoms with Gasteiger partial charge >= 0.3 is 0 Å². The Bertz CT molecular complexity index is 1110. The van der Waals surface area contributed by atoms with Crippen molar-refractivity contribution in [1.82, 2.24) is 10.3 Å². The van der Waals surface area contributed by atoms with Gasteiger partial charge < -0.3 is 15.8 Å². The molecule has 0 radical (unpaired) electrons. The molecule has 0 bridgehead atoms. The van der Waals surface area contributed by atoms with Crippen LogP contribution < -0.4 is 15.8 Å². The number of carbonyl (C=O) groups excluding carboxylic acids is 1. The summed E-state index contributed by atoms with van der Waals surface area (Å²) in [6.07, 6.45) is 4.23. The van der Waals surface area contributed by atoms with Crippen LogP contribution in [-0.4, -0.2) is 24.0 Å². The maximum atomic E-state index is 11.5. The van der Waals surface area contributed by atoms with E-state index in [-0.39, 0.29) is 17.4 Å². The summed E-state index contributed by atoms with van der Waals surface area (Å²) < 4.78 is 6.15. The molecule has 1 atom stereocenters. The predicted octanol–water partition coefficient (Wildman–Crippen LogP) is 4.02. The van der Waals surface area contributed by atoms with E-state index in [1.165, 1.54) is 0 Å². The molecule has 6 heteroatoms. The number of fused-ring (bicyclic) bond motifs is 1. The lowest BCUT2D eigenvalue weighted by Crippen LogP contribution is -2.19. The number of pyridine rings is 1. The van der Waals surface area contributed by atoms with E-state index in [1.807, 2.05) is 36.4 Å². The first kappa shape index (κ1) is 18.4. The Labute approximate surface area is 174 Å². The molecule has 2 aromatic carbocycles. The van der Waals surface area contributed by atoms with Crippen LogP contribution in [0.25, 0.3) is 22.0 Å². The summed E-state index contributed by atoms with van der Waals surface area (Å²) >= 11 is 6.56. The third-order valence-corrected chi connectivity index (χ3v) is 6.16. The highest BCUT2D eigenvalue weighted by Crippen LogP contribution is 2.46. The van der Waals surface area contributed by atoms with Gasteiger partial charge in [-0.25, -0.2) is 0 Å². The Morgan fingerprint density at radius 2 is 2.07 bits per heavy atom. The quantitative estimate of drug-likeness (QED) is 0.669. The number of rotatable bonds is 5. The number of amides is 1. The van der Waals surface area contributed by atoms with Crippen LogP contribution in [0.1, 0.15) is 24.8 Å². The molecule has 1 unspecified atom stereocenters. The zero-order valence-corrected chi connectivity index (χ0v) is 16.7. The van der Waals surface area contributed by atoms with Crippen LogP contribution >= 0.6 is 11.6 Å². The van der Waals surface area contributed by atoms with E-state index in [9.17, 15) is 4.79 Å². The number of halogens is 1. The fourth-order valence-electron chi connectivity index (χ4n) is 3.93. The van der Waals surface area contributed by atoms with Gasteiger partial charge in [0.05, 0.1) is 12.1 Å². The van der Waals surface area contributed by atoms with Gasteiger partial charge in [0.2, 0.25) is 5.91 Å². The van der Waals surface area contributed by atoms with Crippen molar-refractivity contribution in [3.8, 4) is 16.9 Å². The molecule has 1 saturated heterocycles. The third kappa shape index (κ3) is 3.56. The first-order chi connectivity index (χ1) is 14.0. The number of nitrogens with one attached hydrogen (secondary N) is 1. The molecule has 1 saturated carbocycles. The second-order valence-corrected chi connectivity index (χ2v) is 8.49. The molecule has 3 aromatic rings. The van der Waals surface area contributed by atoms with Gasteiger partial charge in [-0.05, 0) is 59.9 Å². The smallest absolute Gasteiger partial charge is 0.220 e. The van der Waals surface area contributed by atoms with Gasteiger partial charge in [0.15, 0.2) is 0 Å². The molecule has 1 aliphatic heterocycles. The van der Waals surface area contributed by atoms with E-state index in [0.717, 1.165) is 46.2 Å². The minimum absolute atomic E-state index is 0.0851. The van der Waals surface area contributed by atoms with Crippen LogP contribution in [0, 0.1) is 5.92 Å². The lowest BCUT2D eigenvalue weighted by atomic mass is 9.98. The van der Waals surface area contributed by atoms with Crippen LogP contribution in [0.5, 0.6) is 5.75 Å². The van der Waals surface area contributed by atoms with Crippen LogP contribution in [0.2, 0.25) is 5.02 Å². The summed E-state index contributed by atoms with van der Waals surface area (Å²) in [5, 5.41) is 4.50. The normalized spacial score (nSPS) is 19.9. The summed E-state index contributed by atoms with van der Waals surface area (Å²) in [4.78, 5) is 16.0. The second-order valence-electron chi connectivity index (χ2n) is 8.08. The van der Waals surface area contributed by atoms with Gasteiger partial charge in [-0.2, -0.15) is 0 Å². The molecule has 0 spiro atoms. The summed E-state index contributed by atoms with van der Waals surface area (Å²) in [6, 6.07) is 14.0. The summed E-state index contributed by atoms with van der Waals surface area (Å²) in [7, 11) is 0. The maximum Gasteiger partial charge on any atom is 0.220 e. The molecule has 5 nitrogen and oxygen atoms in total. The molecule has 29 heavy (non-hydrogen) atoms. The highest BCUT2D eigenvalue weighted by Gasteiger charge is 2.41. The summed E-state index contributed by atoms with van der Waals surface area (Å²) in [5.41, 5.74) is 9.92. The molecular formula is C23H22ClN3O2. The van der Waals surface area contributed by atoms with E-state index >= 15 is 0 Å². The van der Waals surface area contributed by atoms with E-state index < -0.39 is 0 Å². The Kier molecular flexibility index (Phi) is 4.45. The number of ether oxygens (including phenoxy) is 1. The number of benzene rings is 2. The van der Waals surface area contributed by atoms with Crippen molar-refractivity contribution in [3.05, 3.63) is 59.2 Å². The Morgan fingerprint density at radius 3 is 2.79 bits per heavy atom. The highest BCUT2D eigenvalue weighted by atomic mass is 35.5. The summed E-state index contributed by atoms with van der Waals surface area (Å²) in [6.45, 7) is 1.15. The van der Waals surface area contributed by atoms with Crippen molar-refractivity contribution in [3.63, 3.8) is 0 Å². The zero-order valence-electron chi connectivity index (χ0n) is 16.0. The molecule has 1 aliphatic carbocycles. The topological polar surface area (TPSA) is 77.2 Å². The van der Waals surface area contributed by atoms with Crippen molar-refractivity contribution in [2.45, 2.75) is 24.8 Å². The standard InChI is InChI=1S/C23H22ClN3O2/c24-19-9-15(3-4-18(19)23(25)5-6-23)16-10-20-17(2-1-7-26-20)21(11-16)29-13-14-8-22(28)27-12-14/h1-4,7,9-11,14H,5-6,8,12-13,25H2,(H,27,28). The van der Waals surface area contributed by atoms with Gasteiger partial charge in [0, 0.05) is 41.0 Å². The molecule has 2 fully saturated rings. The molecular weight excluding hydrogens is 386 g/mol. The van der Waals surface area contributed by atoms with E-state index in [2.05, 4.69) is 16.4 Å². The minimum atomic E-state index is -0.262. The van der Waals surface area contributed by atoms with Gasteiger partial charge in [-0.3, -0.25) is 9.78 Å². The lowest BCUT2D eigenvalue weighted by Gasteiger charge is -2.16. The van der Waals surface area contributed by atoms with Crippen molar-refractivity contribution in [2.75, 3.05) is 13.2 Å². The third-order valence-electron chi connectivity index (χ3n) is 5.85. The highest BCUT2D eigenvalue weighted by molar-refractivity contribution is 6.31. The van der Waals surface area contributed by atoms with Crippen molar-refractivity contribution < 1.29 is 9.53 Å². The first-order valence-corrected chi connectivity index (χ1v) is 10.3. The number of carbonyl (C=O) groups is 1. The van der Waals surface area contributed by atoms with E-state index in [0.29, 0.717) is 24.6 Å². The number of aromatic nitrogens is 1. The second kappa shape index (κ2) is 7.01. The number of nitrogens with zero attached hydrogens (tertiary/aromatic N) is 1. The van der Waals surface area contributed by atoms with Gasteiger partial charge in [-0.15, -0.1) is 0 Å². The molecule has 2 heterocycles. The molecule has 3 N–H and O–H groups in total. The number of hydrogen-bond acceptors (Lipinski definition) is 4. The van der Waals surface area contributed by atoms with E-state index in [1.54, 1.807) is 6.20 Å². The summed E-state index contributed by atoms with van der Waals surface area (Å²) in [5.74, 6) is 1.04. The van der Waals surface area contributed by atoms with Crippen molar-refractivity contribution >= 4 is 28.4 Å². The minimum Gasteiger partial charge on any atom is -0.492 e. The SMILES string of the molecule is NC1(c2ccc(-c3cc(OCC4CNC(=O)C4)c4cccnc4c3)cc2Cl)CC1. The number of hydrogen-bond donors (Lipinski definition) is 2. The average Bonchev–Trinajstić information content (AvgIpc) is 3.33. The van der Waals surface area contributed by atoms with Crippen LogP contribution in [-0.2, 0) is 10.3 Å². The maximum absolute atomic E-state index is 11.5. The van der Waals surface area contributed by atoms with Crippen LogP contribution in [0.15, 0.2) is 48.7 Å². The first-order valence-electron chi connectivity index (χ1n) is 9.89. The van der Waals surface area contributed by atoms with Gasteiger partial charge in [0.1, 0.15) is 5.75 Å². The molecule has 2 aliphatic rings. The molecule has 5 rings (SSSR count). The Hall–Kier alpha value is -2.63. The fourth-order valence-corrected chi connectivity index (χ4v) is 4.30. The van der Waals surface area contributed by atoms with E-state index in [4.69, 9.17) is 22.1 Å².